The number of benzene rings is 3. The molecule has 0 bridgehead atoms. The van der Waals surface area contributed by atoms with Crippen molar-refractivity contribution >= 4 is 39.1 Å². The molecule has 0 aliphatic rings. The van der Waals surface area contributed by atoms with Crippen LogP contribution in [0, 0.1) is 6.92 Å². The number of aryl methyl sites for hydroxylation is 1. The lowest BCUT2D eigenvalue weighted by Crippen LogP contribution is -2.55. The molecular weight excluding hydrogens is 574 g/mol. The molecular formula is C32H40ClN3O5S. The number of carbonyl (C=O) groups is 2. The van der Waals surface area contributed by atoms with E-state index in [0.717, 1.165) is 15.4 Å². The maximum Gasteiger partial charge on any atom is 0.264 e. The summed E-state index contributed by atoms with van der Waals surface area (Å²) in [4.78, 5) is 29.0. The molecule has 0 aliphatic heterocycles. The van der Waals surface area contributed by atoms with Gasteiger partial charge >= 0.3 is 0 Å². The van der Waals surface area contributed by atoms with Gasteiger partial charge in [0.15, 0.2) is 0 Å². The third-order valence-corrected chi connectivity index (χ3v) is 8.51. The van der Waals surface area contributed by atoms with E-state index in [-0.39, 0.29) is 17.3 Å². The molecule has 0 radical (unpaired) electrons. The van der Waals surface area contributed by atoms with Crippen molar-refractivity contribution in [1.29, 1.82) is 0 Å². The topological polar surface area (TPSA) is 96.0 Å². The highest BCUT2D eigenvalue weighted by molar-refractivity contribution is 7.92. The number of anilines is 1. The largest absolute Gasteiger partial charge is 0.494 e. The van der Waals surface area contributed by atoms with Gasteiger partial charge in [-0.15, -0.1) is 0 Å². The van der Waals surface area contributed by atoms with Crippen molar-refractivity contribution in [2.75, 3.05) is 17.5 Å². The number of hydrogen-bond acceptors (Lipinski definition) is 5. The predicted octanol–water partition coefficient (Wildman–Crippen LogP) is 5.96. The van der Waals surface area contributed by atoms with Gasteiger partial charge in [0, 0.05) is 17.1 Å². The van der Waals surface area contributed by atoms with Gasteiger partial charge in [0.2, 0.25) is 11.8 Å². The molecule has 1 unspecified atom stereocenters. The second-order valence-electron chi connectivity index (χ2n) is 11.1. The monoisotopic (exact) mass is 613 g/mol. The van der Waals surface area contributed by atoms with Crippen LogP contribution in [0.15, 0.2) is 77.7 Å². The molecule has 0 aromatic heterocycles. The average molecular weight is 614 g/mol. The van der Waals surface area contributed by atoms with Gasteiger partial charge in [-0.25, -0.2) is 8.42 Å². The molecule has 0 fully saturated rings. The summed E-state index contributed by atoms with van der Waals surface area (Å²) in [6, 6.07) is 19.2. The van der Waals surface area contributed by atoms with Crippen molar-refractivity contribution < 1.29 is 22.7 Å². The summed E-state index contributed by atoms with van der Waals surface area (Å²) in [5, 5.41) is 3.51. The van der Waals surface area contributed by atoms with Crippen molar-refractivity contribution in [3.8, 4) is 5.75 Å². The maximum atomic E-state index is 14.1. The molecule has 3 aromatic carbocycles. The van der Waals surface area contributed by atoms with Crippen molar-refractivity contribution in [2.45, 2.75) is 71.0 Å². The molecule has 1 N–H and O–H groups in total. The molecule has 1 atom stereocenters. The minimum Gasteiger partial charge on any atom is -0.494 e. The van der Waals surface area contributed by atoms with E-state index in [2.05, 4.69) is 5.32 Å². The summed E-state index contributed by atoms with van der Waals surface area (Å²) in [7, 11) is -4.17. The Morgan fingerprint density at radius 3 is 2.05 bits per heavy atom. The molecule has 8 nitrogen and oxygen atoms in total. The van der Waals surface area contributed by atoms with E-state index in [1.807, 2.05) is 41.5 Å². The SMILES string of the molecule is CCOc1ccc(S(=O)(=O)N(CC(=O)N(Cc2ccc(Cl)cc2)C(CC)C(=O)NC(C)(C)C)c2ccc(C)cc2)cc1. The minimum atomic E-state index is -4.17. The predicted molar refractivity (Wildman–Crippen MR) is 167 cm³/mol. The van der Waals surface area contributed by atoms with E-state index in [1.165, 1.54) is 17.0 Å². The molecule has 3 aromatic rings. The van der Waals surface area contributed by atoms with Gasteiger partial charge in [-0.1, -0.05) is 48.4 Å². The Morgan fingerprint density at radius 1 is 0.929 bits per heavy atom. The lowest BCUT2D eigenvalue weighted by Gasteiger charge is -2.34. The highest BCUT2D eigenvalue weighted by Gasteiger charge is 2.34. The summed E-state index contributed by atoms with van der Waals surface area (Å²) in [6.07, 6.45) is 0.331. The zero-order valence-corrected chi connectivity index (χ0v) is 26.6. The molecule has 42 heavy (non-hydrogen) atoms. The van der Waals surface area contributed by atoms with Crippen LogP contribution in [0.4, 0.5) is 5.69 Å². The Balaban J connectivity index is 2.05. The third-order valence-electron chi connectivity index (χ3n) is 6.47. The summed E-state index contributed by atoms with van der Waals surface area (Å²) < 4.78 is 34.6. The van der Waals surface area contributed by atoms with E-state index in [1.54, 1.807) is 60.7 Å². The van der Waals surface area contributed by atoms with Crippen LogP contribution in [-0.2, 0) is 26.2 Å². The Labute approximate surface area is 254 Å². The normalized spacial score (nSPS) is 12.4. The summed E-state index contributed by atoms with van der Waals surface area (Å²) >= 11 is 6.08. The van der Waals surface area contributed by atoms with E-state index in [4.69, 9.17) is 16.3 Å². The lowest BCUT2D eigenvalue weighted by molar-refractivity contribution is -0.141. The Kier molecular flexibility index (Phi) is 11.0. The van der Waals surface area contributed by atoms with E-state index in [0.29, 0.717) is 29.5 Å². The van der Waals surface area contributed by atoms with Crippen LogP contribution >= 0.6 is 11.6 Å². The molecule has 0 saturated heterocycles. The Hall–Kier alpha value is -3.56. The van der Waals surface area contributed by atoms with Gasteiger partial charge in [0.05, 0.1) is 17.2 Å². The van der Waals surface area contributed by atoms with Crippen LogP contribution in [-0.4, -0.2) is 49.9 Å². The molecule has 226 valence electrons. The number of amides is 2. The average Bonchev–Trinajstić information content (AvgIpc) is 2.92. The van der Waals surface area contributed by atoms with Gasteiger partial charge in [0.1, 0.15) is 18.3 Å². The van der Waals surface area contributed by atoms with Crippen LogP contribution in [0.5, 0.6) is 5.75 Å². The first-order valence-corrected chi connectivity index (χ1v) is 15.7. The third kappa shape index (κ3) is 8.72. The Morgan fingerprint density at radius 2 is 1.52 bits per heavy atom. The van der Waals surface area contributed by atoms with Gasteiger partial charge < -0.3 is 15.0 Å². The highest BCUT2D eigenvalue weighted by Crippen LogP contribution is 2.27. The van der Waals surface area contributed by atoms with Crippen molar-refractivity contribution in [3.05, 3.63) is 88.9 Å². The van der Waals surface area contributed by atoms with Gasteiger partial charge in [-0.2, -0.15) is 0 Å². The van der Waals surface area contributed by atoms with Gasteiger partial charge in [0.25, 0.3) is 10.0 Å². The van der Waals surface area contributed by atoms with Gasteiger partial charge in [-0.3, -0.25) is 13.9 Å². The molecule has 3 rings (SSSR count). The smallest absolute Gasteiger partial charge is 0.264 e. The van der Waals surface area contributed by atoms with Gasteiger partial charge in [-0.05, 0) is 95.1 Å². The summed E-state index contributed by atoms with van der Waals surface area (Å²) in [5.41, 5.74) is 1.51. The van der Waals surface area contributed by atoms with E-state index in [9.17, 15) is 18.0 Å². The minimum absolute atomic E-state index is 0.0149. The van der Waals surface area contributed by atoms with Crippen molar-refractivity contribution in [3.63, 3.8) is 0 Å². The van der Waals surface area contributed by atoms with Crippen LogP contribution in [0.2, 0.25) is 5.02 Å². The molecule has 2 amide bonds. The van der Waals surface area contributed by atoms with Crippen LogP contribution in [0.25, 0.3) is 0 Å². The number of carbonyl (C=O) groups excluding carboxylic acids is 2. The van der Waals surface area contributed by atoms with Crippen molar-refractivity contribution in [2.24, 2.45) is 0 Å². The molecule has 0 heterocycles. The molecule has 0 spiro atoms. The van der Waals surface area contributed by atoms with E-state index >= 15 is 0 Å². The number of nitrogens with one attached hydrogen (secondary N) is 1. The number of rotatable bonds is 12. The fraction of sp³-hybridized carbons (Fsp3) is 0.375. The summed E-state index contributed by atoms with van der Waals surface area (Å²) in [5.74, 6) is -0.293. The maximum absolute atomic E-state index is 14.1. The number of sulfonamides is 1. The van der Waals surface area contributed by atoms with Crippen LogP contribution in [0.1, 0.15) is 52.2 Å². The molecule has 0 aliphatic carbocycles. The lowest BCUT2D eigenvalue weighted by atomic mass is 10.1. The zero-order valence-electron chi connectivity index (χ0n) is 25.1. The van der Waals surface area contributed by atoms with Crippen LogP contribution in [0.3, 0.4) is 0 Å². The van der Waals surface area contributed by atoms with Crippen molar-refractivity contribution in [1.82, 2.24) is 10.2 Å². The first-order valence-electron chi connectivity index (χ1n) is 13.9. The first-order chi connectivity index (χ1) is 19.7. The first kappa shape index (κ1) is 32.9. The quantitative estimate of drug-likeness (QED) is 0.272. The summed E-state index contributed by atoms with van der Waals surface area (Å²) in [6.45, 7) is 11.2. The fourth-order valence-corrected chi connectivity index (χ4v) is 5.94. The number of ether oxygens (including phenoxy) is 1. The molecule has 10 heteroatoms. The second kappa shape index (κ2) is 14.1. The molecule has 0 saturated carbocycles. The zero-order chi connectivity index (χ0) is 31.1. The number of halogens is 1. The van der Waals surface area contributed by atoms with Crippen LogP contribution < -0.4 is 14.4 Å². The second-order valence-corrected chi connectivity index (χ2v) is 13.4. The number of hydrogen-bond donors (Lipinski definition) is 1. The van der Waals surface area contributed by atoms with E-state index < -0.39 is 34.1 Å². The Bertz CT molecular complexity index is 1450. The highest BCUT2D eigenvalue weighted by atomic mass is 35.5. The number of nitrogens with zero attached hydrogens (tertiary/aromatic N) is 2. The standard InChI is InChI=1S/C32H40ClN3O5S/c1-7-29(31(38)34-32(4,5)6)35(21-24-11-13-25(33)14-12-24)30(37)22-36(26-15-9-23(3)10-16-26)42(39,40)28-19-17-27(18-20-28)41-8-2/h9-20,29H,7-8,21-22H2,1-6H3,(H,34,38). The fourth-order valence-electron chi connectivity index (χ4n) is 4.40.